The number of aliphatic hydroxyl groups is 1. The number of unbranched alkanes of at least 4 members (excludes halogenated alkanes) is 3. The minimum absolute atomic E-state index is 0.156. The molecule has 2 heterocycles. The molecule has 2 unspecified atom stereocenters. The summed E-state index contributed by atoms with van der Waals surface area (Å²) >= 11 is 0. The standard InChI is InChI=1S/C25H32N4O5/c1-15-13-17-18(14-16(15)2)29(23-22(26-17)24(32)28-25(33)27-23)12-8-4-3-5-11-21(31)34-20-10-7-6-9-19(20)30/h13-14,19-20,30H,3-12H2,1-2H3,(H,28,32,33). The molecule has 0 saturated heterocycles. The Labute approximate surface area is 197 Å². The SMILES string of the molecule is Cc1cc2nc3c(=O)[nH]c(=O)nc-3n(CCCCCCC(=O)OC3CCCCC3O)c2cc1C. The van der Waals surface area contributed by atoms with Crippen molar-refractivity contribution in [3.63, 3.8) is 0 Å². The number of carbonyl (C=O) groups is 1. The lowest BCUT2D eigenvalue weighted by Crippen LogP contribution is -2.34. The van der Waals surface area contributed by atoms with E-state index in [4.69, 9.17) is 4.74 Å². The van der Waals surface area contributed by atoms with Crippen molar-refractivity contribution in [1.82, 2.24) is 19.5 Å². The minimum Gasteiger partial charge on any atom is -0.460 e. The fraction of sp³-hybridized carbons (Fsp3) is 0.560. The summed E-state index contributed by atoms with van der Waals surface area (Å²) in [6.07, 6.45) is 6.07. The highest BCUT2D eigenvalue weighted by Crippen LogP contribution is 2.25. The third-order valence-electron chi connectivity index (χ3n) is 6.69. The van der Waals surface area contributed by atoms with Gasteiger partial charge in [-0.05, 0) is 69.2 Å². The average Bonchev–Trinajstić information content (AvgIpc) is 2.79. The van der Waals surface area contributed by atoms with Crippen LogP contribution in [0.3, 0.4) is 0 Å². The van der Waals surface area contributed by atoms with Crippen molar-refractivity contribution in [1.29, 1.82) is 0 Å². The van der Waals surface area contributed by atoms with E-state index < -0.39 is 17.4 Å². The number of hydrogen-bond acceptors (Lipinski definition) is 7. The van der Waals surface area contributed by atoms with E-state index in [-0.39, 0.29) is 17.8 Å². The van der Waals surface area contributed by atoms with Crippen molar-refractivity contribution in [3.05, 3.63) is 44.1 Å². The molecule has 0 aromatic heterocycles. The molecule has 0 radical (unpaired) electrons. The van der Waals surface area contributed by atoms with E-state index in [1.165, 1.54) is 0 Å². The Bertz CT molecular complexity index is 1260. The molecule has 4 rings (SSSR count). The van der Waals surface area contributed by atoms with Crippen LogP contribution in [0.2, 0.25) is 0 Å². The molecule has 34 heavy (non-hydrogen) atoms. The summed E-state index contributed by atoms with van der Waals surface area (Å²) in [7, 11) is 0. The second-order valence-electron chi connectivity index (χ2n) is 9.28. The van der Waals surface area contributed by atoms with E-state index in [9.17, 15) is 19.5 Å². The van der Waals surface area contributed by atoms with Crippen LogP contribution in [-0.4, -0.2) is 42.8 Å². The first kappa shape index (κ1) is 24.1. The van der Waals surface area contributed by atoms with Crippen molar-refractivity contribution >= 4 is 17.0 Å². The molecule has 0 amide bonds. The molecular weight excluding hydrogens is 436 g/mol. The van der Waals surface area contributed by atoms with Crippen molar-refractivity contribution < 1.29 is 14.6 Å². The molecular formula is C25H32N4O5. The molecule has 1 saturated carbocycles. The third-order valence-corrected chi connectivity index (χ3v) is 6.69. The number of aromatic nitrogens is 4. The fourth-order valence-corrected chi connectivity index (χ4v) is 4.61. The van der Waals surface area contributed by atoms with Gasteiger partial charge >= 0.3 is 11.7 Å². The summed E-state index contributed by atoms with van der Waals surface area (Å²) in [5, 5.41) is 9.95. The molecule has 182 valence electrons. The van der Waals surface area contributed by atoms with Crippen LogP contribution < -0.4 is 11.2 Å². The topological polar surface area (TPSA) is 127 Å². The predicted octanol–water partition coefficient (Wildman–Crippen LogP) is 3.00. The number of hydrogen-bond donors (Lipinski definition) is 2. The van der Waals surface area contributed by atoms with Gasteiger partial charge in [-0.1, -0.05) is 19.3 Å². The zero-order valence-corrected chi connectivity index (χ0v) is 19.8. The molecule has 2 atom stereocenters. The van der Waals surface area contributed by atoms with Crippen LogP contribution in [0, 0.1) is 13.8 Å². The summed E-state index contributed by atoms with van der Waals surface area (Å²) in [5.41, 5.74) is 2.63. The minimum atomic E-state index is -0.683. The first-order valence-corrected chi connectivity index (χ1v) is 12.1. The molecule has 1 fully saturated rings. The number of esters is 1. The summed E-state index contributed by atoms with van der Waals surface area (Å²) < 4.78 is 7.35. The van der Waals surface area contributed by atoms with E-state index in [0.29, 0.717) is 37.1 Å². The van der Waals surface area contributed by atoms with Gasteiger partial charge in [0.05, 0.1) is 17.1 Å². The van der Waals surface area contributed by atoms with E-state index in [1.807, 2.05) is 30.5 Å². The van der Waals surface area contributed by atoms with Gasteiger partial charge in [-0.3, -0.25) is 14.6 Å². The van der Waals surface area contributed by atoms with Crippen LogP contribution in [-0.2, 0) is 16.1 Å². The largest absolute Gasteiger partial charge is 0.460 e. The molecule has 1 aliphatic carbocycles. The number of nitrogens with one attached hydrogen (secondary N) is 1. The molecule has 9 nitrogen and oxygen atoms in total. The number of benzene rings is 1. The lowest BCUT2D eigenvalue weighted by molar-refractivity contribution is -0.157. The van der Waals surface area contributed by atoms with Gasteiger partial charge in [-0.2, -0.15) is 4.98 Å². The van der Waals surface area contributed by atoms with Crippen molar-refractivity contribution in [3.8, 4) is 11.5 Å². The second-order valence-corrected chi connectivity index (χ2v) is 9.28. The fourth-order valence-electron chi connectivity index (χ4n) is 4.61. The molecule has 0 bridgehead atoms. The van der Waals surface area contributed by atoms with E-state index in [0.717, 1.165) is 55.2 Å². The van der Waals surface area contributed by atoms with Crippen molar-refractivity contribution in [2.75, 3.05) is 0 Å². The van der Waals surface area contributed by atoms with Crippen LogP contribution in [0.5, 0.6) is 0 Å². The highest BCUT2D eigenvalue weighted by atomic mass is 16.6. The lowest BCUT2D eigenvalue weighted by atomic mass is 9.95. The number of fused-ring (bicyclic) bond motifs is 2. The Morgan fingerprint density at radius 3 is 2.62 bits per heavy atom. The Balaban J connectivity index is 1.39. The zero-order chi connectivity index (χ0) is 24.2. The van der Waals surface area contributed by atoms with Crippen molar-refractivity contribution in [2.24, 2.45) is 0 Å². The number of H-pyrrole nitrogens is 1. The van der Waals surface area contributed by atoms with Gasteiger partial charge in [-0.25, -0.2) is 9.78 Å². The predicted molar refractivity (Wildman–Crippen MR) is 128 cm³/mol. The maximum absolute atomic E-state index is 12.4. The van der Waals surface area contributed by atoms with Gasteiger partial charge in [0.2, 0.25) is 0 Å². The zero-order valence-electron chi connectivity index (χ0n) is 19.8. The number of carbonyl (C=O) groups excluding carboxylic acids is 1. The third kappa shape index (κ3) is 5.35. The average molecular weight is 469 g/mol. The quantitative estimate of drug-likeness (QED) is 0.295. The number of aromatic amines is 1. The van der Waals surface area contributed by atoms with Gasteiger partial charge < -0.3 is 14.4 Å². The van der Waals surface area contributed by atoms with E-state index >= 15 is 0 Å². The molecule has 3 aliphatic rings. The van der Waals surface area contributed by atoms with Crippen LogP contribution >= 0.6 is 0 Å². The van der Waals surface area contributed by atoms with Gasteiger partial charge in [-0.15, -0.1) is 0 Å². The monoisotopic (exact) mass is 468 g/mol. The number of aliphatic hydroxyl groups excluding tert-OH is 1. The molecule has 9 heteroatoms. The summed E-state index contributed by atoms with van der Waals surface area (Å²) in [6.45, 7) is 4.58. The van der Waals surface area contributed by atoms with Crippen LogP contribution in [0.25, 0.3) is 22.6 Å². The van der Waals surface area contributed by atoms with Gasteiger partial charge in [0, 0.05) is 13.0 Å². The van der Waals surface area contributed by atoms with Crippen LogP contribution in [0.15, 0.2) is 21.7 Å². The highest BCUT2D eigenvalue weighted by Gasteiger charge is 2.26. The van der Waals surface area contributed by atoms with E-state index in [1.54, 1.807) is 0 Å². The normalized spacial score (nSPS) is 18.4. The summed E-state index contributed by atoms with van der Waals surface area (Å²) in [4.78, 5) is 47.1. The van der Waals surface area contributed by atoms with Crippen LogP contribution in [0.4, 0.5) is 0 Å². The first-order valence-electron chi connectivity index (χ1n) is 12.1. The van der Waals surface area contributed by atoms with Crippen molar-refractivity contribution in [2.45, 2.75) is 90.4 Å². The Hall–Kier alpha value is -3.07. The van der Waals surface area contributed by atoms with E-state index in [2.05, 4.69) is 15.0 Å². The molecule has 0 spiro atoms. The number of ether oxygens (including phenoxy) is 1. The van der Waals surface area contributed by atoms with Crippen LogP contribution in [0.1, 0.15) is 68.9 Å². The van der Waals surface area contributed by atoms with Gasteiger partial charge in [0.1, 0.15) is 6.10 Å². The molecule has 1 aromatic rings. The molecule has 2 aliphatic heterocycles. The number of nitrogens with zero attached hydrogens (tertiary/aromatic N) is 3. The maximum atomic E-state index is 12.4. The number of aryl methyl sites for hydroxylation is 3. The smallest absolute Gasteiger partial charge is 0.349 e. The second kappa shape index (κ2) is 10.5. The first-order chi connectivity index (χ1) is 16.3. The van der Waals surface area contributed by atoms with Gasteiger partial charge in [0.25, 0.3) is 5.56 Å². The highest BCUT2D eigenvalue weighted by molar-refractivity contribution is 5.81. The Kier molecular flexibility index (Phi) is 7.41. The maximum Gasteiger partial charge on any atom is 0.349 e. The Morgan fingerprint density at radius 2 is 1.82 bits per heavy atom. The lowest BCUT2D eigenvalue weighted by Gasteiger charge is -2.27. The number of rotatable bonds is 8. The van der Waals surface area contributed by atoms with Gasteiger partial charge in [0.15, 0.2) is 11.5 Å². The summed E-state index contributed by atoms with van der Waals surface area (Å²) in [5.74, 6) is 0.0443. The Morgan fingerprint density at radius 1 is 1.09 bits per heavy atom. The molecule has 1 aromatic carbocycles. The summed E-state index contributed by atoms with van der Waals surface area (Å²) in [6, 6.07) is 3.96. The molecule has 2 N–H and O–H groups in total.